The second-order valence-electron chi connectivity index (χ2n) is 10.6. The van der Waals surface area contributed by atoms with Crippen LogP contribution in [0.25, 0.3) is 17.4 Å². The summed E-state index contributed by atoms with van der Waals surface area (Å²) < 4.78 is 70.5. The number of rotatable bonds is 12. The predicted octanol–water partition coefficient (Wildman–Crippen LogP) is 5.44. The minimum Gasteiger partial charge on any atom is -0.460 e. The van der Waals surface area contributed by atoms with E-state index < -0.39 is 37.2 Å². The summed E-state index contributed by atoms with van der Waals surface area (Å²) in [5, 5.41) is 11.7. The molecular formula is C29H36N2O7S2. The Labute approximate surface area is 236 Å². The Morgan fingerprint density at radius 1 is 0.925 bits per heavy atom. The van der Waals surface area contributed by atoms with Crippen LogP contribution in [-0.4, -0.2) is 37.4 Å². The van der Waals surface area contributed by atoms with Gasteiger partial charge in [0.05, 0.1) is 16.9 Å². The van der Waals surface area contributed by atoms with Gasteiger partial charge in [0, 0.05) is 28.9 Å². The third-order valence-corrected chi connectivity index (χ3v) is 7.73. The largest absolute Gasteiger partial charge is 0.460 e. The number of para-hydroxylation sites is 1. The topological polar surface area (TPSA) is 158 Å². The molecule has 1 aromatic rings. The first-order valence-electron chi connectivity index (χ1n) is 12.9. The van der Waals surface area contributed by atoms with Crippen molar-refractivity contribution in [3.05, 3.63) is 88.6 Å². The lowest BCUT2D eigenvalue weighted by atomic mass is 9.83. The van der Waals surface area contributed by atoms with Crippen molar-refractivity contribution in [2.24, 2.45) is 0 Å². The van der Waals surface area contributed by atoms with Gasteiger partial charge in [-0.25, -0.2) is 0 Å². The first kappa shape index (κ1) is 31.3. The second kappa shape index (κ2) is 12.9. The Balaban J connectivity index is 2.17. The molecule has 11 heteroatoms. The highest BCUT2D eigenvalue weighted by Crippen LogP contribution is 2.40. The van der Waals surface area contributed by atoms with Crippen LogP contribution in [0.2, 0.25) is 0 Å². The molecule has 0 fully saturated rings. The maximum Gasteiger partial charge on any atom is 0.264 e. The van der Waals surface area contributed by atoms with Crippen molar-refractivity contribution in [2.75, 3.05) is 16.8 Å². The fraction of sp³-hybridized carbons (Fsp3) is 0.345. The maximum absolute atomic E-state index is 11.5. The van der Waals surface area contributed by atoms with Crippen molar-refractivity contribution >= 4 is 32.0 Å². The van der Waals surface area contributed by atoms with Gasteiger partial charge in [0.15, 0.2) is 0 Å². The van der Waals surface area contributed by atoms with Gasteiger partial charge in [-0.3, -0.25) is 9.11 Å². The van der Waals surface area contributed by atoms with E-state index in [1.54, 1.807) is 18.3 Å². The molecule has 0 bridgehead atoms. The smallest absolute Gasteiger partial charge is 0.264 e. The number of allylic oxidation sites excluding steroid dienone is 2. The van der Waals surface area contributed by atoms with Crippen molar-refractivity contribution < 1.29 is 30.4 Å². The lowest BCUT2D eigenvalue weighted by Crippen LogP contribution is -2.19. The number of fused-ring (bicyclic) bond motifs is 1. The third-order valence-electron chi connectivity index (χ3n) is 6.12. The average molecular weight is 589 g/mol. The van der Waals surface area contributed by atoms with Crippen LogP contribution in [0.1, 0.15) is 56.1 Å². The Bertz CT molecular complexity index is 1620. The van der Waals surface area contributed by atoms with Gasteiger partial charge in [0.25, 0.3) is 20.2 Å². The number of anilines is 1. The van der Waals surface area contributed by atoms with Gasteiger partial charge in [-0.15, -0.1) is 0 Å². The fourth-order valence-electron chi connectivity index (χ4n) is 4.50. The molecule has 3 rings (SSSR count). The fourth-order valence-corrected chi connectivity index (χ4v) is 5.52. The van der Waals surface area contributed by atoms with E-state index in [1.807, 2.05) is 69.3 Å². The van der Waals surface area contributed by atoms with Crippen molar-refractivity contribution in [3.8, 4) is 11.3 Å². The van der Waals surface area contributed by atoms with Crippen molar-refractivity contribution in [1.29, 1.82) is 5.41 Å². The van der Waals surface area contributed by atoms with Crippen LogP contribution in [0.4, 0.5) is 5.69 Å². The molecule has 0 saturated carbocycles. The summed E-state index contributed by atoms with van der Waals surface area (Å²) in [5.41, 5.74) is 3.32. The van der Waals surface area contributed by atoms with Crippen LogP contribution >= 0.6 is 0 Å². The molecule has 0 aromatic heterocycles. The Kier molecular flexibility index (Phi) is 10.1. The molecule has 9 nitrogen and oxygen atoms in total. The zero-order valence-electron chi connectivity index (χ0n) is 22.8. The van der Waals surface area contributed by atoms with Gasteiger partial charge in [-0.2, -0.15) is 16.8 Å². The minimum absolute atomic E-state index is 0.139. The number of aryl methyl sites for hydroxylation is 1. The molecule has 0 amide bonds. The average Bonchev–Trinajstić information content (AvgIpc) is 2.82. The van der Waals surface area contributed by atoms with Gasteiger partial charge < -0.3 is 15.1 Å². The van der Waals surface area contributed by atoms with Gasteiger partial charge in [0.2, 0.25) is 0 Å². The second-order valence-corrected chi connectivity index (χ2v) is 13.7. The Morgan fingerprint density at radius 3 is 2.15 bits per heavy atom. The molecule has 2 aliphatic rings. The molecule has 0 atom stereocenters. The van der Waals surface area contributed by atoms with Crippen molar-refractivity contribution in [2.45, 2.75) is 51.9 Å². The quantitative estimate of drug-likeness (QED) is 0.161. The first-order chi connectivity index (χ1) is 18.6. The van der Waals surface area contributed by atoms with E-state index in [2.05, 4.69) is 5.32 Å². The van der Waals surface area contributed by atoms with Gasteiger partial charge >= 0.3 is 0 Å². The van der Waals surface area contributed by atoms with E-state index in [-0.39, 0.29) is 24.6 Å². The zero-order valence-corrected chi connectivity index (χ0v) is 24.5. The summed E-state index contributed by atoms with van der Waals surface area (Å²) in [6, 6.07) is 12.9. The molecule has 4 N–H and O–H groups in total. The van der Waals surface area contributed by atoms with E-state index in [9.17, 15) is 25.9 Å². The van der Waals surface area contributed by atoms with E-state index in [4.69, 9.17) is 9.83 Å². The third kappa shape index (κ3) is 9.44. The van der Waals surface area contributed by atoms with Crippen LogP contribution in [0.15, 0.2) is 65.2 Å². The number of hydrogen-bond acceptors (Lipinski definition) is 7. The number of benzene rings is 2. The zero-order chi connectivity index (χ0) is 29.6. The molecule has 1 aromatic carbocycles. The van der Waals surface area contributed by atoms with Crippen LogP contribution < -0.4 is 10.7 Å². The molecule has 0 spiro atoms. The summed E-state index contributed by atoms with van der Waals surface area (Å²) in [4.78, 5) is 0. The molecule has 0 unspecified atom stereocenters. The summed E-state index contributed by atoms with van der Waals surface area (Å²) >= 11 is 0. The molecule has 1 aliphatic carbocycles. The molecular weight excluding hydrogens is 552 g/mol. The predicted molar refractivity (Wildman–Crippen MR) is 158 cm³/mol. The van der Waals surface area contributed by atoms with E-state index >= 15 is 0 Å². The highest BCUT2D eigenvalue weighted by atomic mass is 32.2. The van der Waals surface area contributed by atoms with Gasteiger partial charge in [-0.05, 0) is 66.6 Å². The van der Waals surface area contributed by atoms with Crippen LogP contribution in [-0.2, 0) is 38.5 Å². The number of hydrogen-bond donors (Lipinski definition) is 4. The van der Waals surface area contributed by atoms with Crippen LogP contribution in [0, 0.1) is 5.41 Å². The van der Waals surface area contributed by atoms with Gasteiger partial charge in [0.1, 0.15) is 11.5 Å². The van der Waals surface area contributed by atoms with Crippen LogP contribution in [0.3, 0.4) is 0 Å². The molecule has 1 aliphatic heterocycles. The SMILES string of the molecule is CC(C)(C)c1oc2cc(=N)cc(CCCS(=O)(=O)O)c-2c(C=CC=CNc2ccccc2)c1CCCS(=O)(=O)O. The summed E-state index contributed by atoms with van der Waals surface area (Å²) in [6.07, 6.45) is 8.17. The molecule has 0 radical (unpaired) electrons. The highest BCUT2D eigenvalue weighted by molar-refractivity contribution is 7.86. The summed E-state index contributed by atoms with van der Waals surface area (Å²) in [6.45, 7) is 5.91. The summed E-state index contributed by atoms with van der Waals surface area (Å²) in [5.74, 6) is 0.236. The highest BCUT2D eigenvalue weighted by Gasteiger charge is 2.28. The molecule has 216 valence electrons. The van der Waals surface area contributed by atoms with Gasteiger partial charge in [-0.1, -0.05) is 51.1 Å². The maximum atomic E-state index is 11.5. The standard InChI is InChI=1S/C29H36N2O7S2/c1-29(2,3)28-25(15-10-18-40(35,36)37)24(14-7-8-16-31-23-12-5-4-6-13-23)27-21(11-9-17-39(32,33)34)19-22(30)20-26(27)38-28/h4-8,12-14,16,19-20,30-31H,9-11,15,17-18H2,1-3H3,(H,32,33,34)(H,35,36,37). The molecule has 40 heavy (non-hydrogen) atoms. The lowest BCUT2D eigenvalue weighted by molar-refractivity contribution is 0.395. The molecule has 0 saturated heterocycles. The molecule has 1 heterocycles. The monoisotopic (exact) mass is 588 g/mol. The summed E-state index contributed by atoms with van der Waals surface area (Å²) in [7, 11) is -8.31. The van der Waals surface area contributed by atoms with Crippen molar-refractivity contribution in [1.82, 2.24) is 0 Å². The first-order valence-corrected chi connectivity index (χ1v) is 16.1. The Morgan fingerprint density at radius 2 is 1.55 bits per heavy atom. The number of nitrogens with one attached hydrogen (secondary N) is 2. The van der Waals surface area contributed by atoms with E-state index in [0.717, 1.165) is 16.8 Å². The van der Waals surface area contributed by atoms with E-state index in [1.165, 1.54) is 0 Å². The minimum atomic E-state index is -4.16. The van der Waals surface area contributed by atoms with Crippen molar-refractivity contribution in [3.63, 3.8) is 0 Å². The Hall–Kier alpha value is -3.25. The lowest BCUT2D eigenvalue weighted by Gasteiger charge is -2.27. The van der Waals surface area contributed by atoms with Crippen LogP contribution in [0.5, 0.6) is 0 Å². The van der Waals surface area contributed by atoms with E-state index in [0.29, 0.717) is 29.1 Å². The normalized spacial score (nSPS) is 13.0.